The van der Waals surface area contributed by atoms with Gasteiger partial charge in [-0.2, -0.15) is 0 Å². The van der Waals surface area contributed by atoms with Crippen molar-refractivity contribution in [2.45, 2.75) is 6.92 Å². The lowest BCUT2D eigenvalue weighted by Crippen LogP contribution is -2.27. The van der Waals surface area contributed by atoms with Crippen molar-refractivity contribution in [1.29, 1.82) is 0 Å². The van der Waals surface area contributed by atoms with Crippen molar-refractivity contribution in [3.63, 3.8) is 0 Å². The van der Waals surface area contributed by atoms with Gasteiger partial charge in [0.15, 0.2) is 0 Å². The summed E-state index contributed by atoms with van der Waals surface area (Å²) in [6.07, 6.45) is 1.52. The zero-order chi connectivity index (χ0) is 18.4. The molecule has 1 aromatic heterocycles. The maximum atomic E-state index is 12.3. The molecular weight excluding hydrogens is 320 g/mol. The molecular formula is C18H22N4O3. The highest BCUT2D eigenvalue weighted by Gasteiger charge is 2.11. The fraction of sp³-hybridized carbons (Fsp3) is 0.278. The predicted octanol–water partition coefficient (Wildman–Crippen LogP) is 2.15. The van der Waals surface area contributed by atoms with Crippen LogP contribution in [0.1, 0.15) is 16.1 Å². The molecule has 0 atom stereocenters. The molecule has 7 nitrogen and oxygen atoms in total. The lowest BCUT2D eigenvalue weighted by atomic mass is 10.1. The van der Waals surface area contributed by atoms with Gasteiger partial charge in [-0.3, -0.25) is 14.6 Å². The van der Waals surface area contributed by atoms with Crippen LogP contribution in [-0.2, 0) is 4.79 Å². The van der Waals surface area contributed by atoms with Crippen LogP contribution in [0.2, 0.25) is 0 Å². The van der Waals surface area contributed by atoms with Crippen LogP contribution in [0.3, 0.4) is 0 Å². The van der Waals surface area contributed by atoms with Gasteiger partial charge in [0.05, 0.1) is 13.7 Å². The monoisotopic (exact) mass is 342 g/mol. The normalized spacial score (nSPS) is 10.4. The highest BCUT2D eigenvalue weighted by molar-refractivity contribution is 6.03. The first-order valence-electron chi connectivity index (χ1n) is 7.75. The van der Waals surface area contributed by atoms with E-state index in [1.807, 2.05) is 21.0 Å². The van der Waals surface area contributed by atoms with E-state index in [9.17, 15) is 9.59 Å². The fourth-order valence-electron chi connectivity index (χ4n) is 2.22. The van der Waals surface area contributed by atoms with E-state index in [1.54, 1.807) is 35.2 Å². The predicted molar refractivity (Wildman–Crippen MR) is 97.1 cm³/mol. The standard InChI is InChI=1S/C18H22N4O3/c1-12-9-13(5-6-15(12)21-17(23)11-22(2)3)20-18(24)16-10-14(25-4)7-8-19-16/h5-10H,11H2,1-4H3,(H,20,24)(H,21,23). The molecule has 0 bridgehead atoms. The van der Waals surface area contributed by atoms with Crippen molar-refractivity contribution in [3.05, 3.63) is 47.8 Å². The Hall–Kier alpha value is -2.93. The number of methoxy groups -OCH3 is 1. The molecule has 0 aliphatic heterocycles. The summed E-state index contributed by atoms with van der Waals surface area (Å²) in [7, 11) is 5.19. The molecule has 1 heterocycles. The molecule has 2 amide bonds. The summed E-state index contributed by atoms with van der Waals surface area (Å²) in [5, 5.41) is 5.63. The number of amides is 2. The number of anilines is 2. The molecule has 2 aromatic rings. The van der Waals surface area contributed by atoms with Crippen LogP contribution in [0.25, 0.3) is 0 Å². The van der Waals surface area contributed by atoms with Crippen molar-refractivity contribution in [2.24, 2.45) is 0 Å². The summed E-state index contributed by atoms with van der Waals surface area (Å²) in [6.45, 7) is 2.17. The molecule has 0 unspecified atom stereocenters. The number of hydrogen-bond acceptors (Lipinski definition) is 5. The molecule has 0 fully saturated rings. The minimum atomic E-state index is -0.331. The summed E-state index contributed by atoms with van der Waals surface area (Å²) in [5.41, 5.74) is 2.45. The SMILES string of the molecule is COc1ccnc(C(=O)Nc2ccc(NC(=O)CN(C)C)c(C)c2)c1. The van der Waals surface area contributed by atoms with E-state index >= 15 is 0 Å². The number of nitrogens with zero attached hydrogens (tertiary/aromatic N) is 2. The lowest BCUT2D eigenvalue weighted by molar-refractivity contribution is -0.116. The van der Waals surface area contributed by atoms with Crippen LogP contribution in [0, 0.1) is 6.92 Å². The Morgan fingerprint density at radius 1 is 1.16 bits per heavy atom. The van der Waals surface area contributed by atoms with Crippen LogP contribution in [0.4, 0.5) is 11.4 Å². The minimum absolute atomic E-state index is 0.0922. The highest BCUT2D eigenvalue weighted by atomic mass is 16.5. The first-order chi connectivity index (χ1) is 11.9. The van der Waals surface area contributed by atoms with Gasteiger partial charge in [-0.05, 0) is 50.8 Å². The summed E-state index contributed by atoms with van der Waals surface area (Å²) in [6, 6.07) is 8.53. The third-order valence-corrected chi connectivity index (χ3v) is 3.42. The van der Waals surface area contributed by atoms with E-state index in [0.717, 1.165) is 5.56 Å². The molecule has 2 rings (SSSR count). The number of carbonyl (C=O) groups is 2. The van der Waals surface area contributed by atoms with Crippen molar-refractivity contribution in [1.82, 2.24) is 9.88 Å². The number of nitrogens with one attached hydrogen (secondary N) is 2. The highest BCUT2D eigenvalue weighted by Crippen LogP contribution is 2.20. The largest absolute Gasteiger partial charge is 0.497 e. The van der Waals surface area contributed by atoms with Gasteiger partial charge < -0.3 is 20.3 Å². The summed E-state index contributed by atoms with van der Waals surface area (Å²) in [4.78, 5) is 29.9. The molecule has 0 saturated carbocycles. The molecule has 2 N–H and O–H groups in total. The Morgan fingerprint density at radius 2 is 1.92 bits per heavy atom. The maximum absolute atomic E-state index is 12.3. The summed E-state index contributed by atoms with van der Waals surface area (Å²) < 4.78 is 5.09. The van der Waals surface area contributed by atoms with E-state index in [2.05, 4.69) is 15.6 Å². The zero-order valence-electron chi connectivity index (χ0n) is 14.8. The Kier molecular flexibility index (Phi) is 6.08. The van der Waals surface area contributed by atoms with E-state index in [1.165, 1.54) is 13.3 Å². The van der Waals surface area contributed by atoms with Gasteiger partial charge in [0.25, 0.3) is 5.91 Å². The molecule has 0 aliphatic rings. The summed E-state index contributed by atoms with van der Waals surface area (Å²) >= 11 is 0. The second kappa shape index (κ2) is 8.25. The smallest absolute Gasteiger partial charge is 0.274 e. The number of rotatable bonds is 6. The van der Waals surface area contributed by atoms with Gasteiger partial charge in [0.2, 0.25) is 5.91 Å². The van der Waals surface area contributed by atoms with Crippen LogP contribution >= 0.6 is 0 Å². The quantitative estimate of drug-likeness (QED) is 0.840. The molecule has 1 aromatic carbocycles. The van der Waals surface area contributed by atoms with Crippen molar-refractivity contribution < 1.29 is 14.3 Å². The van der Waals surface area contributed by atoms with Crippen LogP contribution in [-0.4, -0.2) is 49.4 Å². The molecule has 0 aliphatic carbocycles. The zero-order valence-corrected chi connectivity index (χ0v) is 14.8. The van der Waals surface area contributed by atoms with Crippen molar-refractivity contribution in [2.75, 3.05) is 38.4 Å². The number of aryl methyl sites for hydroxylation is 1. The van der Waals surface area contributed by atoms with Gasteiger partial charge >= 0.3 is 0 Å². The lowest BCUT2D eigenvalue weighted by Gasteiger charge is -2.13. The molecule has 0 saturated heterocycles. The van der Waals surface area contributed by atoms with Crippen LogP contribution < -0.4 is 15.4 Å². The van der Waals surface area contributed by atoms with E-state index in [-0.39, 0.29) is 17.5 Å². The Balaban J connectivity index is 2.07. The average molecular weight is 342 g/mol. The first kappa shape index (κ1) is 18.4. The van der Waals surface area contributed by atoms with Gasteiger partial charge in [-0.15, -0.1) is 0 Å². The Morgan fingerprint density at radius 3 is 2.56 bits per heavy atom. The van der Waals surface area contributed by atoms with Gasteiger partial charge in [0, 0.05) is 23.6 Å². The minimum Gasteiger partial charge on any atom is -0.497 e. The third kappa shape index (κ3) is 5.29. The van der Waals surface area contributed by atoms with Crippen molar-refractivity contribution in [3.8, 4) is 5.75 Å². The molecule has 7 heteroatoms. The molecule has 25 heavy (non-hydrogen) atoms. The Labute approximate surface area is 147 Å². The maximum Gasteiger partial charge on any atom is 0.274 e. The van der Waals surface area contributed by atoms with Gasteiger partial charge in [-0.1, -0.05) is 0 Å². The third-order valence-electron chi connectivity index (χ3n) is 3.42. The second-order valence-electron chi connectivity index (χ2n) is 5.85. The number of aromatic nitrogens is 1. The number of benzene rings is 1. The number of hydrogen-bond donors (Lipinski definition) is 2. The fourth-order valence-corrected chi connectivity index (χ4v) is 2.22. The van der Waals surface area contributed by atoms with Crippen molar-refractivity contribution >= 4 is 23.2 Å². The topological polar surface area (TPSA) is 83.6 Å². The van der Waals surface area contributed by atoms with Crippen LogP contribution in [0.5, 0.6) is 5.75 Å². The molecule has 0 radical (unpaired) electrons. The number of pyridine rings is 1. The van der Waals surface area contributed by atoms with Gasteiger partial charge in [-0.25, -0.2) is 0 Å². The second-order valence-corrected chi connectivity index (χ2v) is 5.85. The van der Waals surface area contributed by atoms with E-state index < -0.39 is 0 Å². The molecule has 0 spiro atoms. The number of carbonyl (C=O) groups excluding carboxylic acids is 2. The number of ether oxygens (including phenoxy) is 1. The Bertz CT molecular complexity index is 775. The molecule has 132 valence electrons. The van der Waals surface area contributed by atoms with E-state index in [0.29, 0.717) is 23.7 Å². The summed E-state index contributed by atoms with van der Waals surface area (Å²) in [5.74, 6) is 0.142. The van der Waals surface area contributed by atoms with E-state index in [4.69, 9.17) is 4.74 Å². The van der Waals surface area contributed by atoms with Gasteiger partial charge in [0.1, 0.15) is 11.4 Å². The number of likely N-dealkylation sites (N-methyl/N-ethyl adjacent to an activating group) is 1. The average Bonchev–Trinajstić information content (AvgIpc) is 2.56. The van der Waals surface area contributed by atoms with Crippen LogP contribution in [0.15, 0.2) is 36.5 Å². The first-order valence-corrected chi connectivity index (χ1v) is 7.75.